The van der Waals surface area contributed by atoms with Crippen molar-refractivity contribution in [3.05, 3.63) is 10.4 Å². The molecule has 2 rings (SSSR count). The molecular weight excluding hydrogens is 276 g/mol. The molecule has 0 bridgehead atoms. The quantitative estimate of drug-likeness (QED) is 0.778. The number of hydrogen-bond acceptors (Lipinski definition) is 5. The Kier molecular flexibility index (Phi) is 4.49. The van der Waals surface area contributed by atoms with Crippen molar-refractivity contribution in [2.24, 2.45) is 0 Å². The highest BCUT2D eigenvalue weighted by Gasteiger charge is 2.28. The lowest BCUT2D eigenvalue weighted by Gasteiger charge is -2.28. The van der Waals surface area contributed by atoms with E-state index in [-0.39, 0.29) is 17.5 Å². The number of piperidine rings is 1. The van der Waals surface area contributed by atoms with Crippen LogP contribution in [0.15, 0.2) is 0 Å². The number of hydrogen-bond donors (Lipinski definition) is 3. The van der Waals surface area contributed by atoms with E-state index >= 15 is 0 Å². The Labute approximate surface area is 122 Å². The molecular formula is C13H20N4O2S. The third-order valence-electron chi connectivity index (χ3n) is 3.46. The Morgan fingerprint density at radius 3 is 2.25 bits per heavy atom. The number of carbonyl (C=O) groups excluding carboxylic acids is 2. The second-order valence-electron chi connectivity index (χ2n) is 4.73. The molecule has 7 heteroatoms. The average Bonchev–Trinajstić information content (AvgIpc) is 2.84. The first-order valence-electron chi connectivity index (χ1n) is 6.71. The van der Waals surface area contributed by atoms with Gasteiger partial charge in [0, 0.05) is 27.2 Å². The fraction of sp³-hybridized carbons (Fsp3) is 0.538. The SMILES string of the molecule is CNC(=O)c1sc(N2CCCCC2)c(C(=O)NC)c1N. The van der Waals surface area contributed by atoms with Crippen molar-refractivity contribution >= 4 is 33.8 Å². The summed E-state index contributed by atoms with van der Waals surface area (Å²) < 4.78 is 0. The number of nitrogens with two attached hydrogens (primary N) is 1. The van der Waals surface area contributed by atoms with Gasteiger partial charge in [-0.2, -0.15) is 0 Å². The monoisotopic (exact) mass is 296 g/mol. The average molecular weight is 296 g/mol. The van der Waals surface area contributed by atoms with Crippen molar-refractivity contribution in [3.8, 4) is 0 Å². The van der Waals surface area contributed by atoms with Crippen molar-refractivity contribution < 1.29 is 9.59 Å². The maximum atomic E-state index is 12.1. The molecule has 2 amide bonds. The van der Waals surface area contributed by atoms with Crippen LogP contribution in [0.5, 0.6) is 0 Å². The molecule has 0 atom stereocenters. The normalized spacial score (nSPS) is 15.0. The summed E-state index contributed by atoms with van der Waals surface area (Å²) in [6, 6.07) is 0. The zero-order valence-corrected chi connectivity index (χ0v) is 12.6. The van der Waals surface area contributed by atoms with E-state index in [1.165, 1.54) is 17.8 Å². The van der Waals surface area contributed by atoms with Crippen LogP contribution in [0.4, 0.5) is 10.7 Å². The van der Waals surface area contributed by atoms with E-state index in [4.69, 9.17) is 5.73 Å². The molecule has 6 nitrogen and oxygen atoms in total. The molecule has 2 heterocycles. The van der Waals surface area contributed by atoms with E-state index in [0.29, 0.717) is 10.4 Å². The zero-order valence-electron chi connectivity index (χ0n) is 11.8. The number of rotatable bonds is 3. The van der Waals surface area contributed by atoms with Gasteiger partial charge in [-0.1, -0.05) is 0 Å². The van der Waals surface area contributed by atoms with Crippen LogP contribution in [0.3, 0.4) is 0 Å². The van der Waals surface area contributed by atoms with Crippen LogP contribution in [0.25, 0.3) is 0 Å². The fourth-order valence-electron chi connectivity index (χ4n) is 2.38. The fourth-order valence-corrected chi connectivity index (χ4v) is 3.59. The van der Waals surface area contributed by atoms with Crippen LogP contribution in [0.2, 0.25) is 0 Å². The van der Waals surface area contributed by atoms with Gasteiger partial charge in [0.15, 0.2) is 0 Å². The number of anilines is 2. The third-order valence-corrected chi connectivity index (χ3v) is 4.72. The standard InChI is InChI=1S/C13H20N4O2S/c1-15-11(18)8-9(14)10(12(19)16-2)20-13(8)17-6-4-3-5-7-17/h3-7,14H2,1-2H3,(H,15,18)(H,16,19). The summed E-state index contributed by atoms with van der Waals surface area (Å²) in [4.78, 5) is 26.5. The molecule has 1 fully saturated rings. The van der Waals surface area contributed by atoms with E-state index in [0.717, 1.165) is 30.9 Å². The molecule has 0 unspecified atom stereocenters. The predicted molar refractivity (Wildman–Crippen MR) is 81.6 cm³/mol. The van der Waals surface area contributed by atoms with E-state index in [2.05, 4.69) is 15.5 Å². The summed E-state index contributed by atoms with van der Waals surface area (Å²) in [5.74, 6) is -0.490. The second kappa shape index (κ2) is 6.13. The van der Waals surface area contributed by atoms with Gasteiger partial charge in [-0.05, 0) is 19.3 Å². The van der Waals surface area contributed by atoms with Crippen molar-refractivity contribution in [1.29, 1.82) is 0 Å². The predicted octanol–water partition coefficient (Wildman–Crippen LogP) is 1.04. The van der Waals surface area contributed by atoms with Gasteiger partial charge in [-0.15, -0.1) is 11.3 Å². The molecule has 1 aromatic rings. The second-order valence-corrected chi connectivity index (χ2v) is 5.73. The van der Waals surface area contributed by atoms with Gasteiger partial charge in [0.2, 0.25) is 0 Å². The lowest BCUT2D eigenvalue weighted by atomic mass is 10.1. The molecule has 4 N–H and O–H groups in total. The van der Waals surface area contributed by atoms with Crippen LogP contribution in [-0.4, -0.2) is 39.0 Å². The summed E-state index contributed by atoms with van der Waals surface area (Å²) in [7, 11) is 3.13. The number of nitrogen functional groups attached to an aromatic ring is 1. The molecule has 20 heavy (non-hydrogen) atoms. The van der Waals surface area contributed by atoms with Gasteiger partial charge in [0.1, 0.15) is 9.88 Å². The molecule has 0 aliphatic carbocycles. The Balaban J connectivity index is 2.47. The number of nitrogens with one attached hydrogen (secondary N) is 2. The zero-order chi connectivity index (χ0) is 14.7. The van der Waals surface area contributed by atoms with E-state index < -0.39 is 0 Å². The molecule has 110 valence electrons. The lowest BCUT2D eigenvalue weighted by molar-refractivity contribution is 0.0962. The summed E-state index contributed by atoms with van der Waals surface area (Å²) in [5, 5.41) is 5.97. The topological polar surface area (TPSA) is 87.5 Å². The number of amides is 2. The maximum absolute atomic E-state index is 12.1. The van der Waals surface area contributed by atoms with Crippen molar-refractivity contribution in [2.75, 3.05) is 37.8 Å². The van der Waals surface area contributed by atoms with Crippen LogP contribution in [0, 0.1) is 0 Å². The summed E-state index contributed by atoms with van der Waals surface area (Å²) in [6.07, 6.45) is 3.40. The Bertz CT molecular complexity index is 521. The van der Waals surface area contributed by atoms with Gasteiger partial charge < -0.3 is 21.3 Å². The van der Waals surface area contributed by atoms with Crippen LogP contribution in [0.1, 0.15) is 39.3 Å². The van der Waals surface area contributed by atoms with Crippen LogP contribution >= 0.6 is 11.3 Å². The molecule has 0 radical (unpaired) electrons. The molecule has 1 aliphatic rings. The van der Waals surface area contributed by atoms with Crippen molar-refractivity contribution in [3.63, 3.8) is 0 Å². The van der Waals surface area contributed by atoms with Gasteiger partial charge >= 0.3 is 0 Å². The van der Waals surface area contributed by atoms with Crippen LogP contribution in [-0.2, 0) is 0 Å². The van der Waals surface area contributed by atoms with E-state index in [1.807, 2.05) is 0 Å². The molecule has 0 saturated carbocycles. The van der Waals surface area contributed by atoms with Gasteiger partial charge in [-0.3, -0.25) is 9.59 Å². The number of carbonyl (C=O) groups is 2. The first-order valence-corrected chi connectivity index (χ1v) is 7.53. The Morgan fingerprint density at radius 2 is 1.70 bits per heavy atom. The smallest absolute Gasteiger partial charge is 0.263 e. The van der Waals surface area contributed by atoms with Crippen molar-refractivity contribution in [2.45, 2.75) is 19.3 Å². The minimum atomic E-state index is -0.249. The molecule has 0 aromatic carbocycles. The Morgan fingerprint density at radius 1 is 1.10 bits per heavy atom. The highest BCUT2D eigenvalue weighted by atomic mass is 32.1. The van der Waals surface area contributed by atoms with Crippen LogP contribution < -0.4 is 21.3 Å². The van der Waals surface area contributed by atoms with E-state index in [1.54, 1.807) is 14.1 Å². The molecule has 1 aliphatic heterocycles. The summed E-state index contributed by atoms with van der Waals surface area (Å²) in [6.45, 7) is 1.80. The van der Waals surface area contributed by atoms with Gasteiger partial charge in [-0.25, -0.2) is 0 Å². The summed E-state index contributed by atoms with van der Waals surface area (Å²) >= 11 is 1.30. The third kappa shape index (κ3) is 2.58. The van der Waals surface area contributed by atoms with Gasteiger partial charge in [0.05, 0.1) is 11.3 Å². The Hall–Kier alpha value is -1.76. The maximum Gasteiger partial charge on any atom is 0.263 e. The first-order chi connectivity index (χ1) is 9.60. The molecule has 1 saturated heterocycles. The van der Waals surface area contributed by atoms with Gasteiger partial charge in [0.25, 0.3) is 11.8 Å². The highest BCUT2D eigenvalue weighted by molar-refractivity contribution is 7.19. The largest absolute Gasteiger partial charge is 0.397 e. The summed E-state index contributed by atoms with van der Waals surface area (Å²) in [5.41, 5.74) is 6.73. The minimum Gasteiger partial charge on any atom is -0.397 e. The molecule has 0 spiro atoms. The minimum absolute atomic E-state index is 0.241. The molecule has 1 aromatic heterocycles. The lowest BCUT2D eigenvalue weighted by Crippen LogP contribution is -2.31. The number of nitrogens with zero attached hydrogens (tertiary/aromatic N) is 1. The van der Waals surface area contributed by atoms with E-state index in [9.17, 15) is 9.59 Å². The first kappa shape index (κ1) is 14.6. The number of thiophene rings is 1. The van der Waals surface area contributed by atoms with Crippen molar-refractivity contribution in [1.82, 2.24) is 10.6 Å². The highest BCUT2D eigenvalue weighted by Crippen LogP contribution is 2.39.